The molecular weight excluding hydrogens is 220 g/mol. The van der Waals surface area contributed by atoms with Crippen LogP contribution in [-0.2, 0) is 6.54 Å². The van der Waals surface area contributed by atoms with Crippen LogP contribution in [0.15, 0.2) is 18.2 Å². The van der Waals surface area contributed by atoms with Crippen molar-refractivity contribution < 1.29 is 0 Å². The molecule has 2 nitrogen and oxygen atoms in total. The van der Waals surface area contributed by atoms with Crippen molar-refractivity contribution in [2.24, 2.45) is 5.73 Å². The lowest BCUT2D eigenvalue weighted by molar-refractivity contribution is 0.123. The average Bonchev–Trinajstić information content (AvgIpc) is 2.27. The van der Waals surface area contributed by atoms with Gasteiger partial charge in [0.1, 0.15) is 0 Å². The molecule has 2 atom stereocenters. The number of nitrogens with zero attached hydrogens (tertiary/aromatic N) is 1. The van der Waals surface area contributed by atoms with Gasteiger partial charge in [0, 0.05) is 18.6 Å². The summed E-state index contributed by atoms with van der Waals surface area (Å²) in [7, 11) is 0. The van der Waals surface area contributed by atoms with Crippen molar-refractivity contribution in [2.75, 3.05) is 6.54 Å². The zero-order chi connectivity index (χ0) is 13.1. The van der Waals surface area contributed by atoms with E-state index in [1.165, 1.54) is 42.5 Å². The highest BCUT2D eigenvalue weighted by Gasteiger charge is 2.25. The lowest BCUT2D eigenvalue weighted by Gasteiger charge is -2.38. The van der Waals surface area contributed by atoms with Gasteiger partial charge in [-0.05, 0) is 45.7 Å². The Kier molecular flexibility index (Phi) is 4.41. The van der Waals surface area contributed by atoms with Gasteiger partial charge < -0.3 is 5.73 Å². The Morgan fingerprint density at radius 2 is 1.89 bits per heavy atom. The van der Waals surface area contributed by atoms with E-state index >= 15 is 0 Å². The third-order valence-electron chi connectivity index (χ3n) is 3.94. The van der Waals surface area contributed by atoms with Crippen molar-refractivity contribution in [3.05, 3.63) is 34.9 Å². The number of hydrogen-bond acceptors (Lipinski definition) is 2. The molecule has 0 radical (unpaired) electrons. The van der Waals surface area contributed by atoms with Crippen LogP contribution in [0, 0.1) is 13.8 Å². The Morgan fingerprint density at radius 3 is 2.50 bits per heavy atom. The quantitative estimate of drug-likeness (QED) is 0.888. The number of benzene rings is 1. The minimum absolute atomic E-state index is 0.274. The molecule has 1 aromatic carbocycles. The minimum Gasteiger partial charge on any atom is -0.327 e. The molecule has 100 valence electrons. The van der Waals surface area contributed by atoms with Gasteiger partial charge in [-0.3, -0.25) is 4.90 Å². The summed E-state index contributed by atoms with van der Waals surface area (Å²) in [5.74, 6) is 0. The lowest BCUT2D eigenvalue weighted by atomic mass is 9.96. The van der Waals surface area contributed by atoms with Gasteiger partial charge in [0.05, 0.1) is 0 Å². The van der Waals surface area contributed by atoms with Gasteiger partial charge in [-0.15, -0.1) is 0 Å². The van der Waals surface area contributed by atoms with Crippen molar-refractivity contribution in [2.45, 2.75) is 58.7 Å². The SMILES string of the molecule is Cc1cc(C)cc(CN2CCCCC2C(C)N)c1. The van der Waals surface area contributed by atoms with Gasteiger partial charge >= 0.3 is 0 Å². The van der Waals surface area contributed by atoms with Gasteiger partial charge in [0.25, 0.3) is 0 Å². The Labute approximate surface area is 111 Å². The molecule has 0 aromatic heterocycles. The Morgan fingerprint density at radius 1 is 1.22 bits per heavy atom. The lowest BCUT2D eigenvalue weighted by Crippen LogP contribution is -2.48. The van der Waals surface area contributed by atoms with Crippen LogP contribution in [-0.4, -0.2) is 23.5 Å². The molecule has 0 saturated carbocycles. The maximum Gasteiger partial charge on any atom is 0.0248 e. The van der Waals surface area contributed by atoms with Crippen molar-refractivity contribution in [1.29, 1.82) is 0 Å². The standard InChI is InChI=1S/C16H26N2/c1-12-8-13(2)10-15(9-12)11-18-7-5-4-6-16(18)14(3)17/h8-10,14,16H,4-7,11,17H2,1-3H3. The second-order valence-corrected chi connectivity index (χ2v) is 5.89. The van der Waals surface area contributed by atoms with E-state index in [9.17, 15) is 0 Å². The molecule has 0 aliphatic carbocycles. The fourth-order valence-electron chi connectivity index (χ4n) is 3.20. The summed E-state index contributed by atoms with van der Waals surface area (Å²) in [5, 5.41) is 0. The monoisotopic (exact) mass is 246 g/mol. The van der Waals surface area contributed by atoms with Gasteiger partial charge in [-0.1, -0.05) is 35.7 Å². The predicted molar refractivity (Wildman–Crippen MR) is 77.6 cm³/mol. The molecule has 0 spiro atoms. The Balaban J connectivity index is 2.10. The van der Waals surface area contributed by atoms with E-state index < -0.39 is 0 Å². The largest absolute Gasteiger partial charge is 0.327 e. The van der Waals surface area contributed by atoms with Gasteiger partial charge in [0.2, 0.25) is 0 Å². The highest BCUT2D eigenvalue weighted by molar-refractivity contribution is 5.28. The summed E-state index contributed by atoms with van der Waals surface area (Å²) in [6, 6.07) is 7.68. The molecule has 2 heteroatoms. The molecule has 2 N–H and O–H groups in total. The van der Waals surface area contributed by atoms with Crippen LogP contribution in [0.5, 0.6) is 0 Å². The summed E-state index contributed by atoms with van der Waals surface area (Å²) in [5.41, 5.74) is 10.3. The molecule has 1 aliphatic rings. The molecule has 1 fully saturated rings. The van der Waals surface area contributed by atoms with E-state index in [4.69, 9.17) is 5.73 Å². The zero-order valence-electron chi connectivity index (χ0n) is 11.9. The van der Waals surface area contributed by atoms with Crippen molar-refractivity contribution in [1.82, 2.24) is 4.90 Å². The fourth-order valence-corrected chi connectivity index (χ4v) is 3.20. The Hall–Kier alpha value is -0.860. The van der Waals surface area contributed by atoms with E-state index in [1.807, 2.05) is 0 Å². The van der Waals surface area contributed by atoms with Gasteiger partial charge in [0.15, 0.2) is 0 Å². The smallest absolute Gasteiger partial charge is 0.0248 e. The number of aryl methyl sites for hydroxylation is 2. The molecular formula is C16H26N2. The van der Waals surface area contributed by atoms with Crippen molar-refractivity contribution >= 4 is 0 Å². The van der Waals surface area contributed by atoms with Crippen molar-refractivity contribution in [3.8, 4) is 0 Å². The summed E-state index contributed by atoms with van der Waals surface area (Å²) >= 11 is 0. The van der Waals surface area contributed by atoms with Crippen LogP contribution >= 0.6 is 0 Å². The minimum atomic E-state index is 0.274. The Bertz CT molecular complexity index is 378. The van der Waals surface area contributed by atoms with Crippen LogP contribution < -0.4 is 5.73 Å². The fraction of sp³-hybridized carbons (Fsp3) is 0.625. The predicted octanol–water partition coefficient (Wildman–Crippen LogP) is 3.01. The third kappa shape index (κ3) is 3.33. The molecule has 1 aromatic rings. The molecule has 2 unspecified atom stereocenters. The molecule has 1 heterocycles. The van der Waals surface area contributed by atoms with Gasteiger partial charge in [-0.2, -0.15) is 0 Å². The number of rotatable bonds is 3. The van der Waals surface area contributed by atoms with Crippen LogP contribution in [0.4, 0.5) is 0 Å². The van der Waals surface area contributed by atoms with E-state index in [0.29, 0.717) is 6.04 Å². The number of hydrogen-bond donors (Lipinski definition) is 1. The first-order chi connectivity index (χ1) is 8.56. The average molecular weight is 246 g/mol. The number of likely N-dealkylation sites (tertiary alicyclic amines) is 1. The van der Waals surface area contributed by atoms with Crippen LogP contribution in [0.2, 0.25) is 0 Å². The molecule has 1 saturated heterocycles. The maximum atomic E-state index is 6.13. The van der Waals surface area contributed by atoms with E-state index in [2.05, 4.69) is 43.9 Å². The first-order valence-corrected chi connectivity index (χ1v) is 7.13. The first kappa shape index (κ1) is 13.6. The highest BCUT2D eigenvalue weighted by Crippen LogP contribution is 2.22. The second-order valence-electron chi connectivity index (χ2n) is 5.89. The number of nitrogens with two attached hydrogens (primary N) is 1. The summed E-state index contributed by atoms with van der Waals surface area (Å²) in [4.78, 5) is 2.57. The van der Waals surface area contributed by atoms with E-state index in [1.54, 1.807) is 0 Å². The highest BCUT2D eigenvalue weighted by atomic mass is 15.2. The normalized spacial score (nSPS) is 23.0. The molecule has 0 bridgehead atoms. The summed E-state index contributed by atoms with van der Waals surface area (Å²) < 4.78 is 0. The summed E-state index contributed by atoms with van der Waals surface area (Å²) in [6.07, 6.45) is 3.89. The molecule has 0 amide bonds. The zero-order valence-corrected chi connectivity index (χ0v) is 11.9. The third-order valence-corrected chi connectivity index (χ3v) is 3.94. The second kappa shape index (κ2) is 5.85. The molecule has 18 heavy (non-hydrogen) atoms. The van der Waals surface area contributed by atoms with Crippen LogP contribution in [0.1, 0.15) is 42.9 Å². The number of piperidine rings is 1. The summed E-state index contributed by atoms with van der Waals surface area (Å²) in [6.45, 7) is 8.74. The molecule has 2 rings (SSSR count). The first-order valence-electron chi connectivity index (χ1n) is 7.13. The van der Waals surface area contributed by atoms with Gasteiger partial charge in [-0.25, -0.2) is 0 Å². The van der Waals surface area contributed by atoms with E-state index in [-0.39, 0.29) is 6.04 Å². The van der Waals surface area contributed by atoms with Crippen LogP contribution in [0.25, 0.3) is 0 Å². The topological polar surface area (TPSA) is 29.3 Å². The van der Waals surface area contributed by atoms with E-state index in [0.717, 1.165) is 6.54 Å². The van der Waals surface area contributed by atoms with Crippen molar-refractivity contribution in [3.63, 3.8) is 0 Å². The maximum absolute atomic E-state index is 6.13. The molecule has 1 aliphatic heterocycles. The van der Waals surface area contributed by atoms with Crippen LogP contribution in [0.3, 0.4) is 0 Å².